The average molecular weight is 401 g/mol. The normalized spacial score (nSPS) is 16.3. The van der Waals surface area contributed by atoms with Crippen LogP contribution < -0.4 is 5.32 Å². The van der Waals surface area contributed by atoms with Gasteiger partial charge in [-0.2, -0.15) is 0 Å². The van der Waals surface area contributed by atoms with Gasteiger partial charge in [0.25, 0.3) is 5.91 Å². The number of halogens is 1. The largest absolute Gasteiger partial charge is 0.337 e. The van der Waals surface area contributed by atoms with Gasteiger partial charge in [0.1, 0.15) is 0 Å². The van der Waals surface area contributed by atoms with E-state index >= 15 is 0 Å². The van der Waals surface area contributed by atoms with E-state index in [0.717, 1.165) is 18.5 Å². The van der Waals surface area contributed by atoms with E-state index in [-0.39, 0.29) is 23.0 Å². The summed E-state index contributed by atoms with van der Waals surface area (Å²) < 4.78 is 0. The summed E-state index contributed by atoms with van der Waals surface area (Å²) in [5.41, 5.74) is 2.29. The molecule has 0 radical (unpaired) electrons. The van der Waals surface area contributed by atoms with Crippen molar-refractivity contribution in [2.24, 2.45) is 0 Å². The summed E-state index contributed by atoms with van der Waals surface area (Å²) in [6, 6.07) is 10.8. The molecule has 1 aliphatic rings. The van der Waals surface area contributed by atoms with Crippen LogP contribution in [0.15, 0.2) is 42.6 Å². The quantitative estimate of drug-likeness (QED) is 0.800. The second-order valence-corrected chi connectivity index (χ2v) is 7.42. The molecule has 0 bridgehead atoms. The van der Waals surface area contributed by atoms with Crippen LogP contribution in [0.5, 0.6) is 0 Å². The Hall–Kier alpha value is -2.44. The lowest BCUT2D eigenvalue weighted by atomic mass is 10.1. The van der Waals surface area contributed by atoms with Gasteiger partial charge in [-0.25, -0.2) is 4.98 Å². The second kappa shape index (κ2) is 9.17. The molecule has 0 aliphatic carbocycles. The Kier molecular flexibility index (Phi) is 6.65. The Morgan fingerprint density at radius 2 is 1.96 bits per heavy atom. The molecule has 0 spiro atoms. The average Bonchev–Trinajstić information content (AvgIpc) is 2.94. The van der Waals surface area contributed by atoms with Crippen LogP contribution in [0.2, 0.25) is 5.15 Å². The highest BCUT2D eigenvalue weighted by Crippen LogP contribution is 2.19. The molecule has 1 aliphatic heterocycles. The van der Waals surface area contributed by atoms with Gasteiger partial charge >= 0.3 is 0 Å². The molecule has 2 aromatic rings. The number of nitrogens with one attached hydrogen (secondary N) is 1. The lowest BCUT2D eigenvalue weighted by Gasteiger charge is -2.27. The minimum atomic E-state index is -0.328. The molecule has 1 saturated heterocycles. The zero-order valence-electron chi connectivity index (χ0n) is 16.2. The molecule has 2 heterocycles. The number of aryl methyl sites for hydroxylation is 1. The van der Waals surface area contributed by atoms with Gasteiger partial charge in [0.05, 0.1) is 11.7 Å². The molecule has 1 fully saturated rings. The van der Waals surface area contributed by atoms with E-state index in [4.69, 9.17) is 11.6 Å². The SMILES string of the molecule is Cc1cccc(C(=O)N2CCCN(C(C)C(=O)Nc3cccnc3Cl)CC2)c1. The maximum atomic E-state index is 12.8. The molecule has 1 aromatic heterocycles. The third kappa shape index (κ3) is 4.88. The number of amides is 2. The number of rotatable bonds is 4. The molecule has 1 aromatic carbocycles. The smallest absolute Gasteiger partial charge is 0.253 e. The summed E-state index contributed by atoms with van der Waals surface area (Å²) >= 11 is 6.02. The zero-order chi connectivity index (χ0) is 20.1. The van der Waals surface area contributed by atoms with Crippen molar-refractivity contribution < 1.29 is 9.59 Å². The lowest BCUT2D eigenvalue weighted by Crippen LogP contribution is -2.44. The molecule has 1 unspecified atom stereocenters. The molecule has 3 rings (SSSR count). The minimum absolute atomic E-state index is 0.0461. The number of carbonyl (C=O) groups excluding carboxylic acids is 2. The second-order valence-electron chi connectivity index (χ2n) is 7.06. The maximum absolute atomic E-state index is 12.8. The minimum Gasteiger partial charge on any atom is -0.337 e. The summed E-state index contributed by atoms with van der Waals surface area (Å²) in [4.78, 5) is 33.4. The van der Waals surface area contributed by atoms with Gasteiger partial charge in [0, 0.05) is 37.9 Å². The number of hydrogen-bond acceptors (Lipinski definition) is 4. The van der Waals surface area contributed by atoms with E-state index in [1.165, 1.54) is 0 Å². The fraction of sp³-hybridized carbons (Fsp3) is 0.381. The molecule has 7 heteroatoms. The van der Waals surface area contributed by atoms with E-state index in [2.05, 4.69) is 15.2 Å². The maximum Gasteiger partial charge on any atom is 0.253 e. The zero-order valence-corrected chi connectivity index (χ0v) is 16.9. The monoisotopic (exact) mass is 400 g/mol. The predicted octanol–water partition coefficient (Wildman–Crippen LogP) is 3.22. The molecule has 148 valence electrons. The first-order valence-corrected chi connectivity index (χ1v) is 9.85. The number of pyridine rings is 1. The van der Waals surface area contributed by atoms with Gasteiger partial charge in [-0.3, -0.25) is 14.5 Å². The van der Waals surface area contributed by atoms with Gasteiger partial charge < -0.3 is 10.2 Å². The number of aromatic nitrogens is 1. The molecule has 2 amide bonds. The van der Waals surface area contributed by atoms with Crippen molar-refractivity contribution in [3.05, 3.63) is 58.9 Å². The van der Waals surface area contributed by atoms with Crippen molar-refractivity contribution in [1.29, 1.82) is 0 Å². The van der Waals surface area contributed by atoms with Crippen LogP contribution in [0.3, 0.4) is 0 Å². The summed E-state index contributed by atoms with van der Waals surface area (Å²) in [5.74, 6) is -0.0850. The van der Waals surface area contributed by atoms with Crippen molar-refractivity contribution in [3.8, 4) is 0 Å². The van der Waals surface area contributed by atoms with E-state index in [0.29, 0.717) is 30.9 Å². The summed E-state index contributed by atoms with van der Waals surface area (Å²) in [5, 5.41) is 3.11. The Morgan fingerprint density at radius 3 is 2.71 bits per heavy atom. The van der Waals surface area contributed by atoms with Crippen molar-refractivity contribution in [1.82, 2.24) is 14.8 Å². The highest BCUT2D eigenvalue weighted by atomic mass is 35.5. The van der Waals surface area contributed by atoms with Crippen LogP contribution in [0.1, 0.15) is 29.3 Å². The predicted molar refractivity (Wildman–Crippen MR) is 111 cm³/mol. The standard InChI is InChI=1S/C21H25ClN4O2/c1-15-6-3-7-17(14-15)21(28)26-11-5-10-25(12-13-26)16(2)20(27)24-18-8-4-9-23-19(18)22/h3-4,6-9,14,16H,5,10-13H2,1-2H3,(H,24,27). The first kappa shape index (κ1) is 20.3. The van der Waals surface area contributed by atoms with Crippen LogP contribution in [0, 0.1) is 6.92 Å². The third-order valence-corrected chi connectivity index (χ3v) is 5.33. The topological polar surface area (TPSA) is 65.5 Å². The number of anilines is 1. The molecule has 1 N–H and O–H groups in total. The fourth-order valence-electron chi connectivity index (χ4n) is 3.37. The Morgan fingerprint density at radius 1 is 1.14 bits per heavy atom. The van der Waals surface area contributed by atoms with Crippen molar-refractivity contribution in [2.75, 3.05) is 31.5 Å². The summed E-state index contributed by atoms with van der Waals surface area (Å²) in [6.45, 7) is 6.54. The first-order chi connectivity index (χ1) is 13.5. The van der Waals surface area contributed by atoms with E-state index in [1.54, 1.807) is 18.3 Å². The molecule has 6 nitrogen and oxygen atoms in total. The number of carbonyl (C=O) groups is 2. The van der Waals surface area contributed by atoms with E-state index in [9.17, 15) is 9.59 Å². The Balaban J connectivity index is 1.60. The Bertz CT molecular complexity index is 858. The molecular weight excluding hydrogens is 376 g/mol. The van der Waals surface area contributed by atoms with Crippen molar-refractivity contribution in [2.45, 2.75) is 26.3 Å². The van der Waals surface area contributed by atoms with Crippen LogP contribution in [-0.4, -0.2) is 58.8 Å². The third-order valence-electron chi connectivity index (χ3n) is 5.03. The summed E-state index contributed by atoms with van der Waals surface area (Å²) in [6.07, 6.45) is 2.40. The summed E-state index contributed by atoms with van der Waals surface area (Å²) in [7, 11) is 0. The van der Waals surface area contributed by atoms with Crippen molar-refractivity contribution in [3.63, 3.8) is 0 Å². The van der Waals surface area contributed by atoms with Crippen LogP contribution in [0.4, 0.5) is 5.69 Å². The van der Waals surface area contributed by atoms with Gasteiger partial charge in [-0.1, -0.05) is 29.3 Å². The van der Waals surface area contributed by atoms with Crippen LogP contribution in [0.25, 0.3) is 0 Å². The lowest BCUT2D eigenvalue weighted by molar-refractivity contribution is -0.120. The molecule has 0 saturated carbocycles. The highest BCUT2D eigenvalue weighted by molar-refractivity contribution is 6.32. The van der Waals surface area contributed by atoms with Crippen LogP contribution >= 0.6 is 11.6 Å². The Labute approximate surface area is 170 Å². The van der Waals surface area contributed by atoms with Crippen LogP contribution in [-0.2, 0) is 4.79 Å². The highest BCUT2D eigenvalue weighted by Gasteiger charge is 2.26. The fourth-order valence-corrected chi connectivity index (χ4v) is 3.54. The number of hydrogen-bond donors (Lipinski definition) is 1. The van der Waals surface area contributed by atoms with Crippen molar-refractivity contribution >= 4 is 29.1 Å². The van der Waals surface area contributed by atoms with Gasteiger partial charge in [-0.15, -0.1) is 0 Å². The van der Waals surface area contributed by atoms with E-state index < -0.39 is 0 Å². The molecule has 28 heavy (non-hydrogen) atoms. The molecule has 1 atom stereocenters. The number of nitrogens with zero attached hydrogens (tertiary/aromatic N) is 3. The molecular formula is C21H25ClN4O2. The van der Waals surface area contributed by atoms with Gasteiger partial charge in [0.2, 0.25) is 5.91 Å². The first-order valence-electron chi connectivity index (χ1n) is 9.47. The number of benzene rings is 1. The van der Waals surface area contributed by atoms with E-state index in [1.807, 2.05) is 43.0 Å². The van der Waals surface area contributed by atoms with Gasteiger partial charge in [0.15, 0.2) is 5.15 Å². The van der Waals surface area contributed by atoms with Gasteiger partial charge in [-0.05, 0) is 44.5 Å².